The van der Waals surface area contributed by atoms with Crippen molar-refractivity contribution in [1.29, 1.82) is 0 Å². The van der Waals surface area contributed by atoms with Crippen molar-refractivity contribution >= 4 is 22.6 Å². The highest BCUT2D eigenvalue weighted by Crippen LogP contribution is 2.40. The van der Waals surface area contributed by atoms with E-state index in [2.05, 4.69) is 14.7 Å². The number of carbonyl (C=O) groups is 1. The summed E-state index contributed by atoms with van der Waals surface area (Å²) in [5.74, 6) is -1.69. The molecule has 2 bridgehead atoms. The van der Waals surface area contributed by atoms with Crippen LogP contribution in [0.1, 0.15) is 61.3 Å². The summed E-state index contributed by atoms with van der Waals surface area (Å²) in [6, 6.07) is 3.97. The van der Waals surface area contributed by atoms with Crippen molar-refractivity contribution in [3.63, 3.8) is 0 Å². The van der Waals surface area contributed by atoms with Crippen molar-refractivity contribution in [3.05, 3.63) is 39.9 Å². The molecule has 2 atom stereocenters. The highest BCUT2D eigenvalue weighted by molar-refractivity contribution is 5.93. The fourth-order valence-electron chi connectivity index (χ4n) is 6.38. The van der Waals surface area contributed by atoms with Gasteiger partial charge in [0.05, 0.1) is 11.2 Å². The number of aromatic carboxylic acids is 1. The van der Waals surface area contributed by atoms with E-state index in [0.717, 1.165) is 38.9 Å². The van der Waals surface area contributed by atoms with Crippen molar-refractivity contribution in [3.8, 4) is 0 Å². The number of piperidine rings is 1. The Bertz CT molecular complexity index is 1170. The first-order valence-corrected chi connectivity index (χ1v) is 12.8. The number of carboxylic acid groups (broad SMARTS) is 1. The number of anilines is 1. The molecule has 1 aromatic heterocycles. The van der Waals surface area contributed by atoms with Crippen LogP contribution in [0.15, 0.2) is 23.1 Å². The third kappa shape index (κ3) is 3.90. The smallest absolute Gasteiger partial charge is 0.341 e. The molecule has 1 aliphatic carbocycles. The van der Waals surface area contributed by atoms with Crippen LogP contribution in [0.5, 0.6) is 0 Å². The lowest BCUT2D eigenvalue weighted by Gasteiger charge is -2.36. The normalized spacial score (nSPS) is 25.5. The van der Waals surface area contributed by atoms with Gasteiger partial charge in [0.25, 0.3) is 0 Å². The molecule has 8 heteroatoms. The first kappa shape index (κ1) is 22.0. The highest BCUT2D eigenvalue weighted by Gasteiger charge is 2.43. The molecule has 4 fully saturated rings. The van der Waals surface area contributed by atoms with Crippen molar-refractivity contribution in [2.24, 2.45) is 0 Å². The Morgan fingerprint density at radius 3 is 2.50 bits per heavy atom. The first-order valence-electron chi connectivity index (χ1n) is 12.8. The Hall–Kier alpha value is -2.45. The van der Waals surface area contributed by atoms with E-state index in [9.17, 15) is 14.7 Å². The molecule has 1 aromatic carbocycles. The van der Waals surface area contributed by atoms with Gasteiger partial charge in [-0.05, 0) is 76.8 Å². The maximum Gasteiger partial charge on any atom is 0.341 e. The van der Waals surface area contributed by atoms with Gasteiger partial charge in [-0.3, -0.25) is 9.69 Å². The molecule has 0 amide bonds. The van der Waals surface area contributed by atoms with Crippen LogP contribution in [-0.2, 0) is 0 Å². The van der Waals surface area contributed by atoms with Crippen molar-refractivity contribution < 1.29 is 14.3 Å². The molecule has 0 spiro atoms. The maximum atomic E-state index is 15.3. The largest absolute Gasteiger partial charge is 0.477 e. The molecule has 7 nitrogen and oxygen atoms in total. The Labute approximate surface area is 198 Å². The summed E-state index contributed by atoms with van der Waals surface area (Å²) in [6.45, 7) is 6.51. The minimum Gasteiger partial charge on any atom is -0.477 e. The van der Waals surface area contributed by atoms with Gasteiger partial charge in [-0.1, -0.05) is 6.42 Å². The predicted octanol–water partition coefficient (Wildman–Crippen LogP) is 3.31. The minimum absolute atomic E-state index is 0.164. The van der Waals surface area contributed by atoms with Crippen LogP contribution in [-0.4, -0.2) is 76.8 Å². The zero-order chi connectivity index (χ0) is 23.4. The minimum atomic E-state index is -1.26. The van der Waals surface area contributed by atoms with Crippen molar-refractivity contribution in [2.45, 2.75) is 63.1 Å². The fraction of sp³-hybridized carbons (Fsp3) is 0.615. The van der Waals surface area contributed by atoms with E-state index in [1.54, 1.807) is 6.07 Å². The second-order valence-corrected chi connectivity index (χ2v) is 10.6. The summed E-state index contributed by atoms with van der Waals surface area (Å²) in [7, 11) is 0. The monoisotopic (exact) mass is 468 g/mol. The molecule has 6 rings (SSSR count). The Morgan fingerprint density at radius 1 is 1.03 bits per heavy atom. The van der Waals surface area contributed by atoms with E-state index in [1.807, 2.05) is 4.57 Å². The quantitative estimate of drug-likeness (QED) is 0.673. The number of pyridine rings is 1. The number of piperazine rings is 1. The summed E-state index contributed by atoms with van der Waals surface area (Å²) in [6.07, 6.45) is 9.61. The number of rotatable bonds is 7. The number of likely N-dealkylation sites (tertiary alicyclic amines) is 2. The van der Waals surface area contributed by atoms with Crippen LogP contribution in [0.25, 0.3) is 10.9 Å². The van der Waals surface area contributed by atoms with Gasteiger partial charge in [-0.25, -0.2) is 9.18 Å². The molecule has 1 saturated carbocycles. The number of benzene rings is 1. The molecule has 4 aliphatic rings. The molecule has 0 radical (unpaired) electrons. The van der Waals surface area contributed by atoms with Gasteiger partial charge in [0.15, 0.2) is 0 Å². The molecular formula is C26H33FN4O3. The molecule has 1 N–H and O–H groups in total. The summed E-state index contributed by atoms with van der Waals surface area (Å²) in [4.78, 5) is 31.7. The number of nitrogens with zero attached hydrogens (tertiary/aromatic N) is 4. The van der Waals surface area contributed by atoms with E-state index in [4.69, 9.17) is 0 Å². The zero-order valence-electron chi connectivity index (χ0n) is 19.6. The molecule has 3 aliphatic heterocycles. The van der Waals surface area contributed by atoms with E-state index in [-0.39, 0.29) is 23.0 Å². The van der Waals surface area contributed by atoms with Crippen LogP contribution in [0.3, 0.4) is 0 Å². The second kappa shape index (κ2) is 8.64. The fourth-order valence-corrected chi connectivity index (χ4v) is 6.38. The molecule has 2 aromatic rings. The molecule has 3 saturated heterocycles. The third-order valence-corrected chi connectivity index (χ3v) is 8.30. The molecular weight excluding hydrogens is 435 g/mol. The predicted molar refractivity (Wildman–Crippen MR) is 129 cm³/mol. The van der Waals surface area contributed by atoms with Crippen LogP contribution in [0, 0.1) is 5.82 Å². The van der Waals surface area contributed by atoms with E-state index < -0.39 is 17.2 Å². The van der Waals surface area contributed by atoms with Crippen LogP contribution in [0.2, 0.25) is 0 Å². The average molecular weight is 469 g/mol. The van der Waals surface area contributed by atoms with Gasteiger partial charge >= 0.3 is 5.97 Å². The Balaban J connectivity index is 1.20. The summed E-state index contributed by atoms with van der Waals surface area (Å²) in [5, 5.41) is 9.62. The Kier molecular flexibility index (Phi) is 5.60. The highest BCUT2D eigenvalue weighted by atomic mass is 19.1. The zero-order valence-corrected chi connectivity index (χ0v) is 19.6. The number of aromatic nitrogens is 1. The van der Waals surface area contributed by atoms with Crippen molar-refractivity contribution in [2.75, 3.05) is 44.2 Å². The average Bonchev–Trinajstić information content (AvgIpc) is 3.49. The number of halogens is 1. The maximum absolute atomic E-state index is 15.3. The molecule has 34 heavy (non-hydrogen) atoms. The number of fused-ring (bicyclic) bond motifs is 3. The van der Waals surface area contributed by atoms with Gasteiger partial charge in [0.2, 0.25) is 5.43 Å². The molecule has 4 heterocycles. The SMILES string of the molecule is O=C(O)c1cn(C2CC2)c2cc(N3CC4CC3CN4CCCN3CCCCC3)c(F)cc2c1=O. The number of hydrogen-bond acceptors (Lipinski definition) is 5. The topological polar surface area (TPSA) is 69.0 Å². The lowest BCUT2D eigenvalue weighted by Crippen LogP contribution is -2.47. The number of hydrogen-bond donors (Lipinski definition) is 1. The van der Waals surface area contributed by atoms with Crippen LogP contribution in [0.4, 0.5) is 10.1 Å². The van der Waals surface area contributed by atoms with E-state index in [1.165, 1.54) is 57.6 Å². The second-order valence-electron chi connectivity index (χ2n) is 10.6. The van der Waals surface area contributed by atoms with Gasteiger partial charge in [0, 0.05) is 42.8 Å². The lowest BCUT2D eigenvalue weighted by molar-refractivity contribution is 0.0695. The standard InChI is InChI=1S/C26H33FN4O3/c27-22-12-20-23(31(17-5-6-17)16-21(25(20)32)26(33)34)13-24(22)30-15-18-11-19(30)14-29(18)10-4-9-28-7-2-1-3-8-28/h12-13,16-19H,1-11,14-15H2,(H,33,34). The van der Waals surface area contributed by atoms with Gasteiger partial charge in [-0.2, -0.15) is 0 Å². The summed E-state index contributed by atoms with van der Waals surface area (Å²) >= 11 is 0. The van der Waals surface area contributed by atoms with Crippen molar-refractivity contribution in [1.82, 2.24) is 14.4 Å². The van der Waals surface area contributed by atoms with Crippen LogP contribution >= 0.6 is 0 Å². The Morgan fingerprint density at radius 2 is 1.82 bits per heavy atom. The third-order valence-electron chi connectivity index (χ3n) is 8.30. The first-order chi connectivity index (χ1) is 16.5. The summed E-state index contributed by atoms with van der Waals surface area (Å²) < 4.78 is 17.2. The molecule has 2 unspecified atom stereocenters. The summed E-state index contributed by atoms with van der Waals surface area (Å²) in [5.41, 5.74) is 0.305. The van der Waals surface area contributed by atoms with E-state index >= 15 is 4.39 Å². The molecule has 182 valence electrons. The van der Waals surface area contributed by atoms with Gasteiger partial charge < -0.3 is 19.5 Å². The van der Waals surface area contributed by atoms with Gasteiger partial charge in [-0.15, -0.1) is 0 Å². The van der Waals surface area contributed by atoms with Crippen LogP contribution < -0.4 is 10.3 Å². The number of carboxylic acids is 1. The lowest BCUT2D eigenvalue weighted by atomic mass is 10.1. The van der Waals surface area contributed by atoms with E-state index in [0.29, 0.717) is 17.2 Å². The van der Waals surface area contributed by atoms with Gasteiger partial charge in [0.1, 0.15) is 11.4 Å².